The molecule has 0 radical (unpaired) electrons. The van der Waals surface area contributed by atoms with Gasteiger partial charge in [0.05, 0.1) is 18.7 Å². The number of ether oxygens (including phenoxy) is 1. The third kappa shape index (κ3) is 2.16. The molecule has 1 heterocycles. The molecule has 1 aromatic heterocycles. The Morgan fingerprint density at radius 2 is 2.29 bits per heavy atom. The number of benzene rings is 1. The summed E-state index contributed by atoms with van der Waals surface area (Å²) in [6.07, 6.45) is 0. The van der Waals surface area contributed by atoms with E-state index in [0.29, 0.717) is 16.9 Å². The number of aromatic nitrogens is 1. The lowest BCUT2D eigenvalue weighted by Crippen LogP contribution is -2.00. The fraction of sp³-hybridized carbons (Fsp3) is 0.0833. The summed E-state index contributed by atoms with van der Waals surface area (Å²) in [4.78, 5) is 11.2. The van der Waals surface area contributed by atoms with Crippen molar-refractivity contribution in [2.75, 3.05) is 7.11 Å². The minimum atomic E-state index is -0.559. The number of hydrogen-bond acceptors (Lipinski definition) is 5. The minimum absolute atomic E-state index is 0.102. The molecule has 5 nitrogen and oxygen atoms in total. The van der Waals surface area contributed by atoms with Crippen LogP contribution in [0.2, 0.25) is 0 Å². The van der Waals surface area contributed by atoms with E-state index < -0.39 is 5.97 Å². The summed E-state index contributed by atoms with van der Waals surface area (Å²) in [6.45, 7) is 0. The highest BCUT2D eigenvalue weighted by Gasteiger charge is 2.13. The van der Waals surface area contributed by atoms with Gasteiger partial charge in [0.25, 0.3) is 0 Å². The Balaban J connectivity index is 2.37. The monoisotopic (exact) mass is 228 g/mol. The van der Waals surface area contributed by atoms with Crippen molar-refractivity contribution in [2.24, 2.45) is 0 Å². The number of rotatable bonds is 2. The van der Waals surface area contributed by atoms with E-state index in [2.05, 4.69) is 9.89 Å². The highest BCUT2D eigenvalue weighted by molar-refractivity contribution is 5.88. The standard InChI is InChI=1S/C12H8N2O3/c1-16-12(15)10-6-11(17-14-10)9-4-2-3-8(5-9)7-13/h2-6H,1H3. The van der Waals surface area contributed by atoms with Crippen LogP contribution in [-0.4, -0.2) is 18.2 Å². The lowest BCUT2D eigenvalue weighted by Gasteiger charge is -1.94. The van der Waals surface area contributed by atoms with E-state index in [1.807, 2.05) is 6.07 Å². The molecule has 2 aromatic rings. The van der Waals surface area contributed by atoms with E-state index in [4.69, 9.17) is 9.78 Å². The predicted molar refractivity (Wildman–Crippen MR) is 58.0 cm³/mol. The van der Waals surface area contributed by atoms with Gasteiger partial charge in [0, 0.05) is 11.6 Å². The van der Waals surface area contributed by atoms with E-state index in [9.17, 15) is 4.79 Å². The van der Waals surface area contributed by atoms with Crippen LogP contribution < -0.4 is 0 Å². The normalized spacial score (nSPS) is 9.65. The molecule has 5 heteroatoms. The lowest BCUT2D eigenvalue weighted by atomic mass is 10.1. The molecule has 0 aliphatic heterocycles. The van der Waals surface area contributed by atoms with Gasteiger partial charge in [-0.3, -0.25) is 0 Å². The molecule has 2 rings (SSSR count). The van der Waals surface area contributed by atoms with Gasteiger partial charge in [0.1, 0.15) is 0 Å². The van der Waals surface area contributed by atoms with Crippen molar-refractivity contribution < 1.29 is 14.1 Å². The maximum atomic E-state index is 11.2. The van der Waals surface area contributed by atoms with Crippen molar-refractivity contribution in [2.45, 2.75) is 0 Å². The van der Waals surface area contributed by atoms with Crippen LogP contribution >= 0.6 is 0 Å². The Bertz CT molecular complexity index is 596. The van der Waals surface area contributed by atoms with Crippen molar-refractivity contribution in [3.05, 3.63) is 41.6 Å². The summed E-state index contributed by atoms with van der Waals surface area (Å²) in [5.74, 6) is -0.140. The second-order valence-electron chi connectivity index (χ2n) is 3.26. The van der Waals surface area contributed by atoms with Gasteiger partial charge in [0.2, 0.25) is 0 Å². The zero-order valence-electron chi connectivity index (χ0n) is 9.01. The van der Waals surface area contributed by atoms with Gasteiger partial charge in [-0.05, 0) is 12.1 Å². The molecule has 0 amide bonds. The molecule has 0 N–H and O–H groups in total. The van der Waals surface area contributed by atoms with Gasteiger partial charge < -0.3 is 9.26 Å². The summed E-state index contributed by atoms with van der Waals surface area (Å²) in [6, 6.07) is 10.3. The van der Waals surface area contributed by atoms with Gasteiger partial charge >= 0.3 is 5.97 Å². The zero-order valence-corrected chi connectivity index (χ0v) is 9.01. The average molecular weight is 228 g/mol. The number of hydrogen-bond donors (Lipinski definition) is 0. The highest BCUT2D eigenvalue weighted by Crippen LogP contribution is 2.21. The van der Waals surface area contributed by atoms with Crippen molar-refractivity contribution in [1.29, 1.82) is 5.26 Å². The lowest BCUT2D eigenvalue weighted by molar-refractivity contribution is 0.0589. The molecule has 0 atom stereocenters. The number of carbonyl (C=O) groups excluding carboxylic acids is 1. The first kappa shape index (κ1) is 10.9. The SMILES string of the molecule is COC(=O)c1cc(-c2cccc(C#N)c2)on1. The smallest absolute Gasteiger partial charge is 0.360 e. The van der Waals surface area contributed by atoms with Crippen LogP contribution in [0.1, 0.15) is 16.1 Å². The summed E-state index contributed by atoms with van der Waals surface area (Å²) < 4.78 is 9.53. The summed E-state index contributed by atoms with van der Waals surface area (Å²) in [7, 11) is 1.27. The molecule has 84 valence electrons. The largest absolute Gasteiger partial charge is 0.464 e. The summed E-state index contributed by atoms with van der Waals surface area (Å²) >= 11 is 0. The maximum Gasteiger partial charge on any atom is 0.360 e. The van der Waals surface area contributed by atoms with Crippen LogP contribution in [0.3, 0.4) is 0 Å². The quantitative estimate of drug-likeness (QED) is 0.734. The van der Waals surface area contributed by atoms with Gasteiger partial charge in [-0.15, -0.1) is 0 Å². The van der Waals surface area contributed by atoms with E-state index in [1.54, 1.807) is 24.3 Å². The number of esters is 1. The fourth-order valence-electron chi connectivity index (χ4n) is 1.35. The van der Waals surface area contributed by atoms with Crippen LogP contribution in [0, 0.1) is 11.3 Å². The molecule has 0 saturated heterocycles. The fourth-order valence-corrected chi connectivity index (χ4v) is 1.35. The molecule has 0 bridgehead atoms. The van der Waals surface area contributed by atoms with Crippen molar-refractivity contribution >= 4 is 5.97 Å². The van der Waals surface area contributed by atoms with E-state index in [-0.39, 0.29) is 5.69 Å². The average Bonchev–Trinajstić information content (AvgIpc) is 2.87. The number of carbonyl (C=O) groups is 1. The van der Waals surface area contributed by atoms with Gasteiger partial charge in [-0.2, -0.15) is 5.26 Å². The Morgan fingerprint density at radius 3 is 3.00 bits per heavy atom. The van der Waals surface area contributed by atoms with Crippen molar-refractivity contribution in [1.82, 2.24) is 5.16 Å². The molecular formula is C12H8N2O3. The molecule has 0 aliphatic rings. The first-order valence-electron chi connectivity index (χ1n) is 4.80. The second-order valence-corrected chi connectivity index (χ2v) is 3.26. The topological polar surface area (TPSA) is 76.1 Å². The van der Waals surface area contributed by atoms with Crippen LogP contribution in [0.15, 0.2) is 34.9 Å². The molecular weight excluding hydrogens is 220 g/mol. The molecule has 0 aliphatic carbocycles. The predicted octanol–water partition coefficient (Wildman–Crippen LogP) is 2.00. The van der Waals surface area contributed by atoms with Gasteiger partial charge in [0.15, 0.2) is 11.5 Å². The van der Waals surface area contributed by atoms with Crippen LogP contribution in [0.25, 0.3) is 11.3 Å². The third-order valence-electron chi connectivity index (χ3n) is 2.18. The molecule has 17 heavy (non-hydrogen) atoms. The third-order valence-corrected chi connectivity index (χ3v) is 2.18. The summed E-state index contributed by atoms with van der Waals surface area (Å²) in [5, 5.41) is 12.4. The number of nitrogens with zero attached hydrogens (tertiary/aromatic N) is 2. The van der Waals surface area contributed by atoms with Crippen molar-refractivity contribution in [3.63, 3.8) is 0 Å². The minimum Gasteiger partial charge on any atom is -0.464 e. The maximum absolute atomic E-state index is 11.2. The Hall–Kier alpha value is -2.61. The molecule has 0 saturated carbocycles. The first-order valence-corrected chi connectivity index (χ1v) is 4.80. The second kappa shape index (κ2) is 4.49. The molecule has 0 spiro atoms. The molecule has 1 aromatic carbocycles. The zero-order chi connectivity index (χ0) is 12.3. The van der Waals surface area contributed by atoms with E-state index in [1.165, 1.54) is 13.2 Å². The van der Waals surface area contributed by atoms with Crippen LogP contribution in [0.5, 0.6) is 0 Å². The first-order chi connectivity index (χ1) is 8.24. The van der Waals surface area contributed by atoms with Crippen LogP contribution in [-0.2, 0) is 4.74 Å². The van der Waals surface area contributed by atoms with Gasteiger partial charge in [-0.25, -0.2) is 4.79 Å². The Labute approximate surface area is 97.2 Å². The van der Waals surface area contributed by atoms with Crippen molar-refractivity contribution in [3.8, 4) is 17.4 Å². The van der Waals surface area contributed by atoms with Crippen LogP contribution in [0.4, 0.5) is 0 Å². The molecule has 0 unspecified atom stereocenters. The summed E-state index contributed by atoms with van der Waals surface area (Å²) in [5.41, 5.74) is 1.30. The van der Waals surface area contributed by atoms with Gasteiger partial charge in [-0.1, -0.05) is 17.3 Å². The number of nitriles is 1. The Morgan fingerprint density at radius 1 is 1.47 bits per heavy atom. The number of methoxy groups -OCH3 is 1. The highest BCUT2D eigenvalue weighted by atomic mass is 16.5. The van der Waals surface area contributed by atoms with E-state index in [0.717, 1.165) is 0 Å². The molecule has 0 fully saturated rings. The Kier molecular flexibility index (Phi) is 2.88. The van der Waals surface area contributed by atoms with E-state index >= 15 is 0 Å².